The second kappa shape index (κ2) is 10.8. The van der Waals surface area contributed by atoms with Crippen LogP contribution in [0.5, 0.6) is 0 Å². The number of likely N-dealkylation sites (tertiary alicyclic amines) is 1. The van der Waals surface area contributed by atoms with Gasteiger partial charge in [-0.3, -0.25) is 14.4 Å². The van der Waals surface area contributed by atoms with Gasteiger partial charge in [0.15, 0.2) is 0 Å². The zero-order valence-electron chi connectivity index (χ0n) is 23.8. The van der Waals surface area contributed by atoms with Crippen LogP contribution in [0.1, 0.15) is 77.2 Å². The van der Waals surface area contributed by atoms with E-state index in [9.17, 15) is 14.4 Å². The van der Waals surface area contributed by atoms with Gasteiger partial charge in [0.05, 0.1) is 17.9 Å². The average molecular weight is 568 g/mol. The molecule has 2 bridgehead atoms. The Bertz CT molecular complexity index is 1210. The predicted octanol–water partition coefficient (Wildman–Crippen LogP) is 5.40. The summed E-state index contributed by atoms with van der Waals surface area (Å²) in [6.07, 6.45) is 12.6. The van der Waals surface area contributed by atoms with Crippen LogP contribution in [0.2, 0.25) is 5.02 Å². The summed E-state index contributed by atoms with van der Waals surface area (Å²) in [4.78, 5) is 44.3. The topological polar surface area (TPSA) is 87.7 Å². The summed E-state index contributed by atoms with van der Waals surface area (Å²) in [7, 11) is 0. The summed E-state index contributed by atoms with van der Waals surface area (Å²) in [5.41, 5.74) is 0.377. The van der Waals surface area contributed by atoms with Gasteiger partial charge in [0.25, 0.3) is 0 Å². The smallest absolute Gasteiger partial charge is 0.246 e. The fourth-order valence-electron chi connectivity index (χ4n) is 8.08. The molecule has 40 heavy (non-hydrogen) atoms. The fourth-order valence-corrected chi connectivity index (χ4v) is 8.26. The molecule has 3 amide bonds. The molecule has 1 spiro atoms. The van der Waals surface area contributed by atoms with Crippen LogP contribution in [0.4, 0.5) is 5.69 Å². The maximum atomic E-state index is 14.4. The first kappa shape index (κ1) is 27.8. The number of aryl methyl sites for hydroxylation is 1. The van der Waals surface area contributed by atoms with E-state index in [0.29, 0.717) is 22.5 Å². The van der Waals surface area contributed by atoms with Crippen molar-refractivity contribution in [1.29, 1.82) is 0 Å². The Morgan fingerprint density at radius 3 is 2.50 bits per heavy atom. The van der Waals surface area contributed by atoms with E-state index < -0.39 is 29.6 Å². The maximum Gasteiger partial charge on any atom is 0.246 e. The van der Waals surface area contributed by atoms with E-state index in [4.69, 9.17) is 16.3 Å². The number of benzene rings is 1. The van der Waals surface area contributed by atoms with Gasteiger partial charge in [-0.2, -0.15) is 0 Å². The SMILES string of the molecule is Cc1ccc(NC(=O)[C@@H]2[C@@H]3C=C[C@]4(O3)[C@@H]2C(=O)N(C2CCCCCC2)[C@H]4C(=O)N[C@@H]2CCC[C@@H](C)[C@@H]2C)cc1Cl. The van der Waals surface area contributed by atoms with E-state index in [2.05, 4.69) is 24.5 Å². The average Bonchev–Trinajstić information content (AvgIpc) is 3.47. The monoisotopic (exact) mass is 567 g/mol. The van der Waals surface area contributed by atoms with Crippen LogP contribution < -0.4 is 10.6 Å². The molecule has 0 radical (unpaired) electrons. The molecule has 0 aromatic heterocycles. The summed E-state index contributed by atoms with van der Waals surface area (Å²) < 4.78 is 6.57. The number of amides is 3. The van der Waals surface area contributed by atoms with Gasteiger partial charge in [0, 0.05) is 22.8 Å². The maximum absolute atomic E-state index is 14.4. The summed E-state index contributed by atoms with van der Waals surface area (Å²) in [6, 6.07) is 4.68. The number of anilines is 1. The van der Waals surface area contributed by atoms with E-state index in [0.717, 1.165) is 56.9 Å². The summed E-state index contributed by atoms with van der Waals surface area (Å²) in [5, 5.41) is 6.92. The number of halogens is 1. The highest BCUT2D eigenvalue weighted by Gasteiger charge is 2.73. The molecule has 8 atom stereocenters. The first-order valence-corrected chi connectivity index (χ1v) is 15.7. The first-order valence-electron chi connectivity index (χ1n) is 15.3. The van der Waals surface area contributed by atoms with E-state index in [-0.39, 0.29) is 29.8 Å². The normalized spacial score (nSPS) is 37.4. The predicted molar refractivity (Wildman–Crippen MR) is 155 cm³/mol. The molecule has 1 aromatic rings. The third-order valence-corrected chi connectivity index (χ3v) is 11.0. The molecule has 6 rings (SSSR count). The summed E-state index contributed by atoms with van der Waals surface area (Å²) >= 11 is 6.31. The molecule has 2 saturated carbocycles. The Hall–Kier alpha value is -2.38. The zero-order chi connectivity index (χ0) is 28.2. The molecular weight excluding hydrogens is 526 g/mol. The van der Waals surface area contributed by atoms with Gasteiger partial charge in [0.2, 0.25) is 17.7 Å². The van der Waals surface area contributed by atoms with Gasteiger partial charge in [-0.25, -0.2) is 0 Å². The van der Waals surface area contributed by atoms with Gasteiger partial charge in [-0.15, -0.1) is 0 Å². The molecule has 8 heteroatoms. The number of nitrogens with one attached hydrogen (secondary N) is 2. The number of hydrogen-bond acceptors (Lipinski definition) is 4. The first-order chi connectivity index (χ1) is 19.2. The molecule has 2 N–H and O–H groups in total. The van der Waals surface area contributed by atoms with Gasteiger partial charge < -0.3 is 20.3 Å². The molecule has 4 fully saturated rings. The van der Waals surface area contributed by atoms with Crippen molar-refractivity contribution in [1.82, 2.24) is 10.2 Å². The summed E-state index contributed by atoms with van der Waals surface area (Å²) in [6.45, 7) is 6.38. The minimum Gasteiger partial charge on any atom is -0.359 e. The van der Waals surface area contributed by atoms with Crippen molar-refractivity contribution in [2.45, 2.75) is 108 Å². The Morgan fingerprint density at radius 1 is 1.02 bits per heavy atom. The van der Waals surface area contributed by atoms with Crippen molar-refractivity contribution in [2.75, 3.05) is 5.32 Å². The number of fused-ring (bicyclic) bond motifs is 1. The van der Waals surface area contributed by atoms with Crippen molar-refractivity contribution < 1.29 is 19.1 Å². The second-order valence-electron chi connectivity index (χ2n) is 12.9. The lowest BCUT2D eigenvalue weighted by atomic mass is 9.73. The van der Waals surface area contributed by atoms with Gasteiger partial charge in [-0.05, 0) is 55.7 Å². The van der Waals surface area contributed by atoms with Crippen LogP contribution in [0.15, 0.2) is 30.4 Å². The Balaban J connectivity index is 1.32. The fraction of sp³-hybridized carbons (Fsp3) is 0.656. The van der Waals surface area contributed by atoms with E-state index in [1.165, 1.54) is 6.42 Å². The van der Waals surface area contributed by atoms with E-state index >= 15 is 0 Å². The van der Waals surface area contributed by atoms with Gasteiger partial charge in [-0.1, -0.05) is 82.2 Å². The lowest BCUT2D eigenvalue weighted by Crippen LogP contribution is -2.59. The number of carbonyl (C=O) groups is 3. The molecule has 3 heterocycles. The third-order valence-electron chi connectivity index (χ3n) is 10.6. The minimum atomic E-state index is -1.13. The zero-order valence-corrected chi connectivity index (χ0v) is 24.6. The van der Waals surface area contributed by atoms with Crippen molar-refractivity contribution in [2.24, 2.45) is 23.7 Å². The number of hydrogen-bond donors (Lipinski definition) is 2. The van der Waals surface area contributed by atoms with Crippen LogP contribution >= 0.6 is 11.6 Å². The Morgan fingerprint density at radius 2 is 1.77 bits per heavy atom. The van der Waals surface area contributed by atoms with Crippen molar-refractivity contribution in [3.63, 3.8) is 0 Å². The van der Waals surface area contributed by atoms with Crippen molar-refractivity contribution >= 4 is 35.0 Å². The molecule has 3 aliphatic heterocycles. The van der Waals surface area contributed by atoms with Crippen molar-refractivity contribution in [3.05, 3.63) is 40.9 Å². The lowest BCUT2D eigenvalue weighted by molar-refractivity contribution is -0.144. The lowest BCUT2D eigenvalue weighted by Gasteiger charge is -2.40. The third kappa shape index (κ3) is 4.57. The highest BCUT2D eigenvalue weighted by Crippen LogP contribution is 2.56. The van der Waals surface area contributed by atoms with Crippen LogP contribution in [-0.2, 0) is 19.1 Å². The highest BCUT2D eigenvalue weighted by molar-refractivity contribution is 6.31. The molecule has 216 valence electrons. The second-order valence-corrected chi connectivity index (χ2v) is 13.3. The molecule has 2 saturated heterocycles. The largest absolute Gasteiger partial charge is 0.359 e. The van der Waals surface area contributed by atoms with E-state index in [1.54, 1.807) is 6.07 Å². The number of carbonyl (C=O) groups excluding carboxylic acids is 3. The number of rotatable bonds is 5. The Labute approximate surface area is 242 Å². The molecule has 1 aromatic carbocycles. The van der Waals surface area contributed by atoms with Crippen LogP contribution in [0.3, 0.4) is 0 Å². The van der Waals surface area contributed by atoms with Gasteiger partial charge in [0.1, 0.15) is 11.6 Å². The molecule has 7 nitrogen and oxygen atoms in total. The van der Waals surface area contributed by atoms with Crippen molar-refractivity contribution in [3.8, 4) is 0 Å². The number of ether oxygens (including phenoxy) is 1. The van der Waals surface area contributed by atoms with E-state index in [1.807, 2.05) is 36.1 Å². The molecule has 5 aliphatic rings. The van der Waals surface area contributed by atoms with Gasteiger partial charge >= 0.3 is 0 Å². The van der Waals surface area contributed by atoms with Crippen LogP contribution in [-0.4, -0.2) is 52.5 Å². The quantitative estimate of drug-likeness (QED) is 0.368. The molecular formula is C32H42ClN3O4. The molecule has 0 unspecified atom stereocenters. The van der Waals surface area contributed by atoms with Crippen LogP contribution in [0, 0.1) is 30.6 Å². The Kier molecular flexibility index (Phi) is 7.49. The summed E-state index contributed by atoms with van der Waals surface area (Å²) in [5.74, 6) is -1.07. The standard InChI is InChI=1S/C32H42ClN3O4/c1-18-9-8-12-24(20(18)3)35-30(38)28-32-16-15-25(40-32)26(29(37)34-21-14-13-19(2)23(33)17-21)27(32)31(39)36(28)22-10-6-4-5-7-11-22/h13-18,20,22,24-28H,4-12H2,1-3H3,(H,34,37)(H,35,38)/t18-,20+,24-,25+,26-,27+,28+,32+/m1/s1. The highest BCUT2D eigenvalue weighted by atomic mass is 35.5. The number of nitrogens with zero attached hydrogens (tertiary/aromatic N) is 1. The minimum absolute atomic E-state index is 0.0240. The molecule has 2 aliphatic carbocycles. The van der Waals surface area contributed by atoms with Crippen LogP contribution in [0.25, 0.3) is 0 Å².